The Morgan fingerprint density at radius 3 is 2.70 bits per heavy atom. The van der Waals surface area contributed by atoms with E-state index in [1.54, 1.807) is 6.07 Å². The molecule has 0 radical (unpaired) electrons. The number of halogens is 1. The monoisotopic (exact) mass is 390 g/mol. The topological polar surface area (TPSA) is 103 Å². The third kappa shape index (κ3) is 3.80. The van der Waals surface area contributed by atoms with Crippen molar-refractivity contribution in [2.45, 2.75) is 16.5 Å². The number of carbonyl (C=O) groups excluding carboxylic acids is 1. The zero-order valence-electron chi connectivity index (χ0n) is 14.2. The van der Waals surface area contributed by atoms with Crippen LogP contribution in [-0.2, 0) is 21.2 Å². The van der Waals surface area contributed by atoms with Gasteiger partial charge in [-0.1, -0.05) is 12.1 Å². The molecule has 140 valence electrons. The van der Waals surface area contributed by atoms with Crippen LogP contribution in [0.1, 0.15) is 5.69 Å². The minimum atomic E-state index is -4.04. The minimum absolute atomic E-state index is 0.0499. The molecule has 0 bridgehead atoms. The van der Waals surface area contributed by atoms with Gasteiger partial charge in [0.15, 0.2) is 5.03 Å². The van der Waals surface area contributed by atoms with Crippen molar-refractivity contribution in [1.29, 1.82) is 0 Å². The van der Waals surface area contributed by atoms with Gasteiger partial charge in [0, 0.05) is 25.5 Å². The lowest BCUT2D eigenvalue weighted by molar-refractivity contribution is 0.140. The fourth-order valence-corrected chi connectivity index (χ4v) is 3.66. The maximum absolute atomic E-state index is 14.3. The summed E-state index contributed by atoms with van der Waals surface area (Å²) in [4.78, 5) is 15.0. The van der Waals surface area contributed by atoms with E-state index < -0.39 is 21.7 Å². The number of amides is 1. The maximum atomic E-state index is 14.3. The van der Waals surface area contributed by atoms with Crippen LogP contribution in [0.3, 0.4) is 0 Å². The van der Waals surface area contributed by atoms with Crippen LogP contribution in [0.25, 0.3) is 5.69 Å². The number of hydrogen-bond donors (Lipinski definition) is 1. The summed E-state index contributed by atoms with van der Waals surface area (Å²) in [6, 6.07) is 9.71. The first-order chi connectivity index (χ1) is 12.9. The molecule has 0 unspecified atom stereocenters. The molecule has 0 fully saturated rings. The quantitative estimate of drug-likeness (QED) is 0.716. The number of pyridine rings is 1. The SMILES string of the molecule is CNC(=O)OCc1cc(S(=O)(=O)c2cccnc2)n(-c2ccccc2F)n1. The number of rotatable bonds is 5. The smallest absolute Gasteiger partial charge is 0.407 e. The molecule has 0 spiro atoms. The molecule has 0 aliphatic rings. The van der Waals surface area contributed by atoms with Crippen molar-refractivity contribution in [2.24, 2.45) is 0 Å². The second kappa shape index (κ2) is 7.54. The van der Waals surface area contributed by atoms with Crippen LogP contribution in [0.2, 0.25) is 0 Å². The Balaban J connectivity index is 2.12. The van der Waals surface area contributed by atoms with Crippen LogP contribution in [0.5, 0.6) is 0 Å². The third-order valence-electron chi connectivity index (χ3n) is 3.58. The second-order valence-corrected chi connectivity index (χ2v) is 7.25. The van der Waals surface area contributed by atoms with Gasteiger partial charge in [-0.05, 0) is 24.3 Å². The number of carbonyl (C=O) groups is 1. The lowest BCUT2D eigenvalue weighted by atomic mass is 10.3. The first-order valence-corrected chi connectivity index (χ1v) is 9.25. The fraction of sp³-hybridized carbons (Fsp3) is 0.118. The van der Waals surface area contributed by atoms with Gasteiger partial charge in [-0.2, -0.15) is 5.10 Å². The largest absolute Gasteiger partial charge is 0.443 e. The normalized spacial score (nSPS) is 11.2. The van der Waals surface area contributed by atoms with Crippen LogP contribution in [-0.4, -0.2) is 36.3 Å². The van der Waals surface area contributed by atoms with E-state index in [1.165, 1.54) is 55.8 Å². The van der Waals surface area contributed by atoms with Gasteiger partial charge in [-0.3, -0.25) is 4.98 Å². The van der Waals surface area contributed by atoms with Crippen molar-refractivity contribution in [2.75, 3.05) is 7.05 Å². The highest BCUT2D eigenvalue weighted by molar-refractivity contribution is 7.91. The van der Waals surface area contributed by atoms with E-state index in [0.29, 0.717) is 0 Å². The van der Waals surface area contributed by atoms with Crippen LogP contribution in [0.4, 0.5) is 9.18 Å². The molecule has 0 aliphatic carbocycles. The third-order valence-corrected chi connectivity index (χ3v) is 5.29. The van der Waals surface area contributed by atoms with Crippen molar-refractivity contribution >= 4 is 15.9 Å². The van der Waals surface area contributed by atoms with E-state index >= 15 is 0 Å². The number of ether oxygens (including phenoxy) is 1. The lowest BCUT2D eigenvalue weighted by Gasteiger charge is -2.09. The molecule has 0 atom stereocenters. The van der Waals surface area contributed by atoms with Crippen molar-refractivity contribution in [3.8, 4) is 5.69 Å². The predicted octanol–water partition coefficient (Wildman–Crippen LogP) is 2.10. The molecular weight excluding hydrogens is 375 g/mol. The highest BCUT2D eigenvalue weighted by Crippen LogP contribution is 2.25. The average molecular weight is 390 g/mol. The lowest BCUT2D eigenvalue weighted by Crippen LogP contribution is -2.19. The number of nitrogens with zero attached hydrogens (tertiary/aromatic N) is 3. The summed E-state index contributed by atoms with van der Waals surface area (Å²) in [5.74, 6) is -0.651. The van der Waals surface area contributed by atoms with Crippen molar-refractivity contribution in [1.82, 2.24) is 20.1 Å². The van der Waals surface area contributed by atoms with E-state index in [1.807, 2.05) is 0 Å². The summed E-state index contributed by atoms with van der Waals surface area (Å²) in [5.41, 5.74) is 0.0930. The zero-order valence-corrected chi connectivity index (χ0v) is 15.0. The summed E-state index contributed by atoms with van der Waals surface area (Å²) in [5, 5.41) is 6.12. The second-order valence-electron chi connectivity index (χ2n) is 5.36. The molecule has 10 heteroatoms. The number of alkyl carbamates (subject to hydrolysis) is 1. The molecule has 27 heavy (non-hydrogen) atoms. The molecule has 8 nitrogen and oxygen atoms in total. The summed E-state index contributed by atoms with van der Waals surface area (Å²) in [6.07, 6.45) is 1.93. The van der Waals surface area contributed by atoms with Gasteiger partial charge >= 0.3 is 6.09 Å². The molecule has 0 aliphatic heterocycles. The number of sulfone groups is 1. The van der Waals surface area contributed by atoms with Crippen LogP contribution < -0.4 is 5.32 Å². The number of benzene rings is 1. The Kier molecular flexibility index (Phi) is 5.17. The standard InChI is InChI=1S/C17H15FN4O4S/c1-19-17(23)26-11-12-9-16(27(24,25)13-5-4-8-20-10-13)22(21-12)15-7-3-2-6-14(15)18/h2-10H,11H2,1H3,(H,19,23). The highest BCUT2D eigenvalue weighted by Gasteiger charge is 2.26. The Bertz CT molecular complexity index is 1070. The Hall–Kier alpha value is -3.27. The van der Waals surface area contributed by atoms with E-state index in [9.17, 15) is 17.6 Å². The van der Waals surface area contributed by atoms with Gasteiger partial charge in [0.25, 0.3) is 0 Å². The zero-order chi connectivity index (χ0) is 19.4. The van der Waals surface area contributed by atoms with Gasteiger partial charge in [0.05, 0.1) is 4.90 Å². The average Bonchev–Trinajstić information content (AvgIpc) is 3.12. The van der Waals surface area contributed by atoms with E-state index in [4.69, 9.17) is 4.74 Å². The molecule has 2 aromatic heterocycles. The molecule has 1 aromatic carbocycles. The van der Waals surface area contributed by atoms with E-state index in [0.717, 1.165) is 4.68 Å². The summed E-state index contributed by atoms with van der Waals surface area (Å²) in [6.45, 7) is -0.281. The van der Waals surface area contributed by atoms with Crippen molar-refractivity contribution < 1.29 is 22.3 Å². The fourth-order valence-electron chi connectivity index (χ4n) is 2.31. The molecule has 0 saturated heterocycles. The van der Waals surface area contributed by atoms with Crippen LogP contribution in [0.15, 0.2) is 64.8 Å². The van der Waals surface area contributed by atoms with Crippen molar-refractivity contribution in [3.05, 3.63) is 66.4 Å². The molecule has 1 N–H and O–H groups in total. The maximum Gasteiger partial charge on any atom is 0.407 e. The summed E-state index contributed by atoms with van der Waals surface area (Å²) < 4.78 is 46.1. The van der Waals surface area contributed by atoms with Gasteiger partial charge in [0.1, 0.15) is 23.8 Å². The van der Waals surface area contributed by atoms with Gasteiger partial charge in [0.2, 0.25) is 9.84 Å². The predicted molar refractivity (Wildman–Crippen MR) is 92.5 cm³/mol. The van der Waals surface area contributed by atoms with E-state index in [-0.39, 0.29) is 27.9 Å². The number of para-hydroxylation sites is 1. The number of hydrogen-bond acceptors (Lipinski definition) is 6. The molecule has 3 rings (SSSR count). The van der Waals surface area contributed by atoms with E-state index in [2.05, 4.69) is 15.4 Å². The molecule has 0 saturated carbocycles. The number of nitrogens with one attached hydrogen (secondary N) is 1. The Labute approximate surface area is 154 Å². The molecule has 1 amide bonds. The van der Waals surface area contributed by atoms with Gasteiger partial charge < -0.3 is 10.1 Å². The molecule has 2 heterocycles. The van der Waals surface area contributed by atoms with Gasteiger partial charge in [-0.25, -0.2) is 22.3 Å². The Morgan fingerprint density at radius 1 is 1.26 bits per heavy atom. The first-order valence-electron chi connectivity index (χ1n) is 7.77. The summed E-state index contributed by atoms with van der Waals surface area (Å²) in [7, 11) is -2.66. The van der Waals surface area contributed by atoms with Gasteiger partial charge in [-0.15, -0.1) is 0 Å². The Morgan fingerprint density at radius 2 is 2.04 bits per heavy atom. The summed E-state index contributed by atoms with van der Waals surface area (Å²) >= 11 is 0. The molecule has 3 aromatic rings. The number of aromatic nitrogens is 3. The molecular formula is C17H15FN4O4S. The van der Waals surface area contributed by atoms with Crippen molar-refractivity contribution in [3.63, 3.8) is 0 Å². The first kappa shape index (κ1) is 18.5. The minimum Gasteiger partial charge on any atom is -0.443 e. The highest BCUT2D eigenvalue weighted by atomic mass is 32.2. The van der Waals surface area contributed by atoms with Crippen LogP contribution in [0, 0.1) is 5.82 Å². The van der Waals surface area contributed by atoms with Crippen LogP contribution >= 0.6 is 0 Å².